The zero-order valence-electron chi connectivity index (χ0n) is 18.9. The van der Waals surface area contributed by atoms with Gasteiger partial charge in [0, 0.05) is 43.3 Å². The average molecular weight is 500 g/mol. The van der Waals surface area contributed by atoms with E-state index in [2.05, 4.69) is 24.9 Å². The third-order valence-corrected chi connectivity index (χ3v) is 6.92. The quantitative estimate of drug-likeness (QED) is 0.391. The molecule has 178 valence electrons. The molecule has 0 amide bonds. The number of rotatable bonds is 8. The first-order chi connectivity index (χ1) is 16.5. The summed E-state index contributed by atoms with van der Waals surface area (Å²) in [5.41, 5.74) is 1.80. The molecule has 1 saturated heterocycles. The van der Waals surface area contributed by atoms with Crippen molar-refractivity contribution in [2.45, 2.75) is 19.6 Å². The summed E-state index contributed by atoms with van der Waals surface area (Å²) in [4.78, 5) is 13.5. The molecule has 0 bridgehead atoms. The third kappa shape index (κ3) is 5.73. The van der Waals surface area contributed by atoms with Crippen LogP contribution in [0.25, 0.3) is 21.7 Å². The zero-order chi connectivity index (χ0) is 23.5. The monoisotopic (exact) mass is 499 g/mol. The van der Waals surface area contributed by atoms with Crippen LogP contribution in [0.1, 0.15) is 10.8 Å². The van der Waals surface area contributed by atoms with Crippen LogP contribution in [-0.4, -0.2) is 75.5 Å². The SMILES string of the molecule is Cc1nc2ccc(OC[C@@H](O)CN3CCN(Cc4noc(-c5cccc(Cl)c5)n4)CC3)cc2s1. The number of hydrogen-bond acceptors (Lipinski definition) is 9. The lowest BCUT2D eigenvalue weighted by atomic mass is 10.2. The number of fused-ring (bicyclic) bond motifs is 1. The number of thiazole rings is 1. The Balaban J connectivity index is 1.06. The van der Waals surface area contributed by atoms with Crippen LogP contribution >= 0.6 is 22.9 Å². The highest BCUT2D eigenvalue weighted by Gasteiger charge is 2.21. The molecule has 3 heterocycles. The maximum absolute atomic E-state index is 10.5. The highest BCUT2D eigenvalue weighted by atomic mass is 35.5. The van der Waals surface area contributed by atoms with Gasteiger partial charge in [-0.25, -0.2) is 4.98 Å². The molecule has 34 heavy (non-hydrogen) atoms. The first-order valence-corrected chi connectivity index (χ1v) is 12.4. The van der Waals surface area contributed by atoms with Gasteiger partial charge in [-0.1, -0.05) is 22.8 Å². The molecule has 1 fully saturated rings. The van der Waals surface area contributed by atoms with Crippen molar-refractivity contribution in [3.05, 3.63) is 58.3 Å². The van der Waals surface area contributed by atoms with E-state index in [0.29, 0.717) is 29.8 Å². The van der Waals surface area contributed by atoms with Crippen molar-refractivity contribution in [3.63, 3.8) is 0 Å². The standard InChI is InChI=1S/C24H26ClN5O3S/c1-16-26-21-6-5-20(12-22(21)34-16)32-15-19(31)13-29-7-9-30(10-8-29)14-23-27-24(33-28-23)17-3-2-4-18(25)11-17/h2-6,11-12,19,31H,7-10,13-15H2,1H3/t19-/m0/s1. The maximum Gasteiger partial charge on any atom is 0.258 e. The summed E-state index contributed by atoms with van der Waals surface area (Å²) in [6.07, 6.45) is -0.553. The van der Waals surface area contributed by atoms with E-state index >= 15 is 0 Å². The molecular formula is C24H26ClN5O3S. The van der Waals surface area contributed by atoms with Crippen LogP contribution in [0.3, 0.4) is 0 Å². The Morgan fingerprint density at radius 2 is 1.94 bits per heavy atom. The number of nitrogens with zero attached hydrogens (tertiary/aromatic N) is 5. The Labute approximate surface area is 206 Å². The lowest BCUT2D eigenvalue weighted by Gasteiger charge is -2.34. The number of aliphatic hydroxyl groups is 1. The van der Waals surface area contributed by atoms with Gasteiger partial charge in [-0.05, 0) is 43.3 Å². The number of ether oxygens (including phenoxy) is 1. The second-order valence-corrected chi connectivity index (χ2v) is 10.1. The molecule has 0 unspecified atom stereocenters. The molecular weight excluding hydrogens is 474 g/mol. The molecule has 1 aliphatic rings. The minimum absolute atomic E-state index is 0.263. The second-order valence-electron chi connectivity index (χ2n) is 8.43. The van der Waals surface area contributed by atoms with Crippen LogP contribution in [-0.2, 0) is 6.54 Å². The highest BCUT2D eigenvalue weighted by molar-refractivity contribution is 7.18. The van der Waals surface area contributed by atoms with Crippen molar-refractivity contribution in [2.75, 3.05) is 39.3 Å². The van der Waals surface area contributed by atoms with Crippen LogP contribution < -0.4 is 4.74 Å². The predicted octanol–water partition coefficient (Wildman–Crippen LogP) is 3.87. The van der Waals surface area contributed by atoms with Crippen molar-refractivity contribution in [1.82, 2.24) is 24.9 Å². The molecule has 8 nitrogen and oxygen atoms in total. The normalized spacial score (nSPS) is 16.2. The van der Waals surface area contributed by atoms with Crippen molar-refractivity contribution in [3.8, 4) is 17.2 Å². The van der Waals surface area contributed by atoms with Gasteiger partial charge in [-0.3, -0.25) is 9.80 Å². The zero-order valence-corrected chi connectivity index (χ0v) is 20.4. The van der Waals surface area contributed by atoms with E-state index in [-0.39, 0.29) is 6.61 Å². The van der Waals surface area contributed by atoms with E-state index in [9.17, 15) is 5.11 Å². The van der Waals surface area contributed by atoms with Crippen molar-refractivity contribution >= 4 is 33.2 Å². The van der Waals surface area contributed by atoms with Crippen LogP contribution in [0.4, 0.5) is 0 Å². The number of hydrogen-bond donors (Lipinski definition) is 1. The molecule has 2 aromatic carbocycles. The molecule has 0 radical (unpaired) electrons. The fourth-order valence-electron chi connectivity index (χ4n) is 4.04. The maximum atomic E-state index is 10.5. The summed E-state index contributed by atoms with van der Waals surface area (Å²) in [7, 11) is 0. The van der Waals surface area contributed by atoms with Crippen LogP contribution in [0, 0.1) is 6.92 Å². The highest BCUT2D eigenvalue weighted by Crippen LogP contribution is 2.26. The van der Waals surface area contributed by atoms with E-state index in [1.54, 1.807) is 11.3 Å². The predicted molar refractivity (Wildman–Crippen MR) is 132 cm³/mol. The van der Waals surface area contributed by atoms with Crippen molar-refractivity contribution in [1.29, 1.82) is 0 Å². The smallest absolute Gasteiger partial charge is 0.258 e. The molecule has 0 saturated carbocycles. The van der Waals surface area contributed by atoms with Crippen molar-refractivity contribution < 1.29 is 14.4 Å². The fourth-order valence-corrected chi connectivity index (χ4v) is 5.09. The summed E-state index contributed by atoms with van der Waals surface area (Å²) in [6.45, 7) is 6.93. The number of halogens is 1. The van der Waals surface area contributed by atoms with Crippen LogP contribution in [0.15, 0.2) is 47.0 Å². The lowest BCUT2D eigenvalue weighted by Crippen LogP contribution is -2.48. The van der Waals surface area contributed by atoms with E-state index < -0.39 is 6.10 Å². The number of β-amino-alcohol motifs (C(OH)–C–C–N with tert-alkyl or cyclic N) is 1. The van der Waals surface area contributed by atoms with Gasteiger partial charge >= 0.3 is 0 Å². The first-order valence-electron chi connectivity index (χ1n) is 11.2. The number of aromatic nitrogens is 3. The Morgan fingerprint density at radius 3 is 2.76 bits per heavy atom. The minimum Gasteiger partial charge on any atom is -0.491 e. The Bertz CT molecular complexity index is 1250. The largest absolute Gasteiger partial charge is 0.491 e. The number of benzene rings is 2. The molecule has 4 aromatic rings. The first kappa shape index (κ1) is 23.2. The van der Waals surface area contributed by atoms with E-state index in [0.717, 1.165) is 52.7 Å². The van der Waals surface area contributed by atoms with E-state index in [4.69, 9.17) is 20.9 Å². The Kier molecular flexibility index (Phi) is 7.07. The summed E-state index contributed by atoms with van der Waals surface area (Å²) in [5, 5.41) is 16.3. The van der Waals surface area contributed by atoms with Gasteiger partial charge in [0.05, 0.1) is 21.8 Å². The molecule has 0 spiro atoms. The van der Waals surface area contributed by atoms with Gasteiger partial charge in [-0.15, -0.1) is 11.3 Å². The van der Waals surface area contributed by atoms with Gasteiger partial charge in [0.1, 0.15) is 18.5 Å². The van der Waals surface area contributed by atoms with E-state index in [1.807, 2.05) is 49.4 Å². The molecule has 1 aliphatic heterocycles. The number of piperazine rings is 1. The van der Waals surface area contributed by atoms with Crippen LogP contribution in [0.2, 0.25) is 5.02 Å². The van der Waals surface area contributed by atoms with Gasteiger partial charge in [-0.2, -0.15) is 4.98 Å². The van der Waals surface area contributed by atoms with Gasteiger partial charge < -0.3 is 14.4 Å². The average Bonchev–Trinajstić information content (AvgIpc) is 3.44. The molecule has 2 aromatic heterocycles. The summed E-state index contributed by atoms with van der Waals surface area (Å²) < 4.78 is 12.3. The van der Waals surface area contributed by atoms with Gasteiger partial charge in [0.2, 0.25) is 0 Å². The fraction of sp³-hybridized carbons (Fsp3) is 0.375. The number of aryl methyl sites for hydroxylation is 1. The summed E-state index contributed by atoms with van der Waals surface area (Å²) in [5.74, 6) is 1.89. The second kappa shape index (κ2) is 10.4. The number of aliphatic hydroxyl groups excluding tert-OH is 1. The molecule has 1 N–H and O–H groups in total. The molecule has 0 aliphatic carbocycles. The molecule has 10 heteroatoms. The van der Waals surface area contributed by atoms with Crippen LogP contribution in [0.5, 0.6) is 5.75 Å². The van der Waals surface area contributed by atoms with Gasteiger partial charge in [0.25, 0.3) is 5.89 Å². The minimum atomic E-state index is -0.553. The topological polar surface area (TPSA) is 87.8 Å². The molecule has 1 atom stereocenters. The van der Waals surface area contributed by atoms with Gasteiger partial charge in [0.15, 0.2) is 5.82 Å². The Morgan fingerprint density at radius 1 is 1.12 bits per heavy atom. The lowest BCUT2D eigenvalue weighted by molar-refractivity contribution is 0.0440. The molecule has 5 rings (SSSR count). The van der Waals surface area contributed by atoms with E-state index in [1.165, 1.54) is 0 Å². The third-order valence-electron chi connectivity index (χ3n) is 5.75. The Hall–Kier alpha value is -2.56. The van der Waals surface area contributed by atoms with Crippen molar-refractivity contribution in [2.24, 2.45) is 0 Å². The summed E-state index contributed by atoms with van der Waals surface area (Å²) in [6, 6.07) is 13.2. The summed E-state index contributed by atoms with van der Waals surface area (Å²) >= 11 is 7.69.